The summed E-state index contributed by atoms with van der Waals surface area (Å²) >= 11 is 1.90. The minimum Gasteiger partial charge on any atom is -0.475 e. The van der Waals surface area contributed by atoms with E-state index in [1.807, 2.05) is 49.4 Å². The van der Waals surface area contributed by atoms with Crippen LogP contribution in [0.25, 0.3) is 59.7 Å². The van der Waals surface area contributed by atoms with Crippen molar-refractivity contribution in [3.63, 3.8) is 0 Å². The minimum atomic E-state index is -1.25. The number of aromatic amines is 1. The molecule has 0 aliphatic heterocycles. The van der Waals surface area contributed by atoms with E-state index in [9.17, 15) is 19.2 Å². The third-order valence-electron chi connectivity index (χ3n) is 7.10. The molecule has 0 saturated carbocycles. The summed E-state index contributed by atoms with van der Waals surface area (Å²) in [6, 6.07) is 9.47. The number of nitrogen functional groups attached to an aromatic ring is 3. The first-order valence-electron chi connectivity index (χ1n) is 17.8. The zero-order valence-electron chi connectivity index (χ0n) is 36.7. The van der Waals surface area contributed by atoms with Gasteiger partial charge in [0.1, 0.15) is 22.4 Å². The van der Waals surface area contributed by atoms with E-state index in [1.165, 1.54) is 35.8 Å². The van der Waals surface area contributed by atoms with Crippen molar-refractivity contribution in [3.8, 4) is 0 Å². The largest absolute Gasteiger partial charge is 1.00 e. The summed E-state index contributed by atoms with van der Waals surface area (Å²) in [5.74, 6) is -2.77. The van der Waals surface area contributed by atoms with Crippen LogP contribution in [0.5, 0.6) is 0 Å². The molecule has 0 aliphatic carbocycles. The molecular formula is C40H48IN15NaO14PS. The number of halogens is 1. The Morgan fingerprint density at radius 3 is 1.49 bits per heavy atom. The minimum absolute atomic E-state index is 0. The number of carbonyl (C=O) groups is 3. The summed E-state index contributed by atoms with van der Waals surface area (Å²) in [6.07, 6.45) is 8.33. The first kappa shape index (κ1) is 71.7. The van der Waals surface area contributed by atoms with Crippen LogP contribution in [-0.2, 0) is 4.57 Å². The number of hydrogen-bond acceptors (Lipinski definition) is 20. The van der Waals surface area contributed by atoms with Crippen molar-refractivity contribution in [1.82, 2.24) is 29.9 Å². The molecule has 10 N–H and O–H groups in total. The van der Waals surface area contributed by atoms with Crippen molar-refractivity contribution in [3.05, 3.63) is 149 Å². The van der Waals surface area contributed by atoms with Gasteiger partial charge in [0, 0.05) is 35.8 Å². The Hall–Kier alpha value is -7.89. The van der Waals surface area contributed by atoms with E-state index in [0.29, 0.717) is 14.7 Å². The summed E-state index contributed by atoms with van der Waals surface area (Å²) in [5.41, 5.74) is 42.6. The van der Waals surface area contributed by atoms with Gasteiger partial charge in [0.25, 0.3) is 5.56 Å². The zero-order valence-corrected chi connectivity index (χ0v) is 42.8. The maximum absolute atomic E-state index is 11.0. The third kappa shape index (κ3) is 23.3. The van der Waals surface area contributed by atoms with Gasteiger partial charge in [0.15, 0.2) is 19.6 Å². The van der Waals surface area contributed by atoms with Crippen LogP contribution >= 0.6 is 44.5 Å². The summed E-state index contributed by atoms with van der Waals surface area (Å²) in [5, 5.41) is 28.1. The number of azide groups is 1. The molecular weight excluding hydrogens is 1130 g/mol. The molecule has 0 bridgehead atoms. The number of aryl methyl sites for hydroxylation is 3. The Balaban J connectivity index is -0.000000378. The van der Waals surface area contributed by atoms with Crippen LogP contribution in [0.15, 0.2) is 110 Å². The first-order valence-corrected chi connectivity index (χ1v) is 20.1. The smallest absolute Gasteiger partial charge is 0.475 e. The Morgan fingerprint density at radius 2 is 1.07 bits per heavy atom. The Bertz CT molecular complexity index is 3100. The van der Waals surface area contributed by atoms with Crippen molar-refractivity contribution >= 4 is 119 Å². The van der Waals surface area contributed by atoms with Gasteiger partial charge in [-0.25, -0.2) is 39.3 Å². The number of aromatic nitrogens is 6. The average Bonchev–Trinajstić information content (AvgIpc) is 4.12. The van der Waals surface area contributed by atoms with E-state index in [1.54, 1.807) is 37.4 Å². The van der Waals surface area contributed by atoms with E-state index in [2.05, 4.69) is 53.2 Å². The van der Waals surface area contributed by atoms with Crippen LogP contribution in [0.2, 0.25) is 0 Å². The molecule has 386 valence electrons. The number of furan rings is 6. The second-order valence-electron chi connectivity index (χ2n) is 11.7. The first-order chi connectivity index (χ1) is 32.3. The number of carboxylic acid groups (broad SMARTS) is 3. The van der Waals surface area contributed by atoms with Crippen molar-refractivity contribution in [2.45, 2.75) is 43.1 Å². The van der Waals surface area contributed by atoms with Crippen molar-refractivity contribution in [2.75, 3.05) is 23.9 Å². The molecule has 9 heterocycles. The second kappa shape index (κ2) is 37.0. The normalized spacial score (nSPS) is 8.84. The van der Waals surface area contributed by atoms with Gasteiger partial charge in [-0.3, -0.25) is 19.3 Å². The Kier molecular flexibility index (Phi) is 36.3. The number of aromatic carboxylic acids is 3. The molecule has 0 amide bonds. The van der Waals surface area contributed by atoms with Gasteiger partial charge in [-0.15, -0.1) is 0 Å². The number of hydrogen-bond donors (Lipinski definition) is 7. The summed E-state index contributed by atoms with van der Waals surface area (Å²) in [4.78, 5) is 67.9. The van der Waals surface area contributed by atoms with Crippen LogP contribution in [-0.4, -0.2) is 69.8 Å². The molecule has 33 heteroatoms. The number of nitrogens with zero attached hydrogens (tertiary/aromatic N) is 11. The Morgan fingerprint density at radius 1 is 0.658 bits per heavy atom. The van der Waals surface area contributed by atoms with E-state index >= 15 is 0 Å². The number of carboxylic acids is 3. The number of nitrogens with one attached hydrogen (secondary N) is 1. The molecule has 0 spiro atoms. The summed E-state index contributed by atoms with van der Waals surface area (Å²) in [7, 11) is 0.167. The third-order valence-corrected chi connectivity index (χ3v) is 7.95. The number of anilines is 3. The molecule has 0 atom stereocenters. The molecule has 0 unspecified atom stereocenters. The van der Waals surface area contributed by atoms with Crippen LogP contribution in [0.1, 0.15) is 71.2 Å². The molecule has 0 fully saturated rings. The zero-order chi connectivity index (χ0) is 50.9. The molecule has 9 aromatic rings. The van der Waals surface area contributed by atoms with Gasteiger partial charge in [-0.1, -0.05) is 27.4 Å². The van der Waals surface area contributed by atoms with Gasteiger partial charge >= 0.3 is 47.5 Å². The van der Waals surface area contributed by atoms with Gasteiger partial charge < -0.3 is 70.1 Å². The van der Waals surface area contributed by atoms with Gasteiger partial charge in [0.2, 0.25) is 34.8 Å². The summed E-state index contributed by atoms with van der Waals surface area (Å²) in [6.45, 7) is 7.17. The monoisotopic (exact) mass is 1180 g/mol. The molecule has 0 aliphatic rings. The van der Waals surface area contributed by atoms with E-state index in [-0.39, 0.29) is 125 Å². The molecule has 0 saturated heterocycles. The van der Waals surface area contributed by atoms with Crippen molar-refractivity contribution in [1.29, 1.82) is 0 Å². The topological polar surface area (TPSA) is 491 Å². The van der Waals surface area contributed by atoms with Crippen LogP contribution < -0.4 is 52.3 Å². The van der Waals surface area contributed by atoms with Crippen molar-refractivity contribution < 1.29 is 90.3 Å². The van der Waals surface area contributed by atoms with E-state index < -0.39 is 17.9 Å². The van der Waals surface area contributed by atoms with Gasteiger partial charge in [-0.2, -0.15) is 13.5 Å². The van der Waals surface area contributed by atoms with E-state index in [0.717, 1.165) is 40.1 Å². The Labute approximate surface area is 457 Å². The average molecular weight is 1180 g/mol. The second-order valence-corrected chi connectivity index (χ2v) is 13.2. The van der Waals surface area contributed by atoms with E-state index in [4.69, 9.17) is 66.9 Å². The van der Waals surface area contributed by atoms with Crippen LogP contribution in [0, 0.1) is 24.3 Å². The fraction of sp³-hybridized carbons (Fsp3) is 0.175. The fourth-order valence-corrected chi connectivity index (χ4v) is 5.11. The fourth-order valence-electron chi connectivity index (χ4n) is 4.61. The molecule has 0 radical (unpaired) electrons. The maximum atomic E-state index is 11.0. The number of nitrogens with two attached hydrogens (primary N) is 3. The molecule has 9 aromatic heterocycles. The molecule has 73 heavy (non-hydrogen) atoms. The maximum Gasteiger partial charge on any atom is 1.00 e. The number of rotatable bonds is 4. The predicted octanol–water partition coefficient (Wildman–Crippen LogP) is 7.91. The quantitative estimate of drug-likeness (QED) is 0.0220. The standard InChI is InChI=1S/C8H8N2O.C7H7N3O.C6H5N3O2.C5H3IO3.C5H3N3O3.C5H5NO3.CH3OP.3CH4.N3.Na.H2S/c1-5-8-7(3-4-11-8)10-6(2)9-5;1-4-6-5(2-3-11-6)10-7(8)9-4;7-6-8-3-1-2-11-4(3)5(10)9-6;6-3-1-2-9-4(3)5(7)8;6-8-7-3-1-2-11-4(3)5(9)10;6-3-1-2-9-4(3)5(7)8;1-3-2;;;;1-3-2;;/h3-4H,1-2H3;2-3H,1H3,(H2,8,9,10);1-2H,(H3,7,8,9,10);1-2H,(H,7,8);1-2H,(H,9,10);1-2H,6H2,(H,7,8);1H3;3*1H4;;;1H2/q;;;;;;;;;;-1;+1;. The number of fused-ring (bicyclic) bond motifs is 3. The molecule has 0 aromatic carbocycles. The van der Waals surface area contributed by atoms with Crippen LogP contribution in [0.3, 0.4) is 0 Å². The van der Waals surface area contributed by atoms with Gasteiger partial charge in [-0.05, 0) is 61.0 Å². The predicted molar refractivity (Wildman–Crippen MR) is 278 cm³/mol. The summed E-state index contributed by atoms with van der Waals surface area (Å²) < 4.78 is 38.3. The SMILES string of the molecule is C.C.C.CP=O.Cc1nc(C)c2occc2n1.Cc1nc(N)nc2ccoc12.Nc1ccoc1C(=O)O.Nc1nc2ccoc2c(=O)[nH]1.O=C(O)c1occc1I.S.[N-]=[N+]=Nc1ccoc1C(=O)O.[N-]=[N+]=[N-].[Na+]. The van der Waals surface area contributed by atoms with Crippen LogP contribution in [0.4, 0.5) is 23.3 Å². The molecule has 9 rings (SSSR count). The molecule has 29 nitrogen and oxygen atoms in total. The van der Waals surface area contributed by atoms with Crippen molar-refractivity contribution in [2.24, 2.45) is 5.11 Å². The number of H-pyrrole nitrogens is 1. The van der Waals surface area contributed by atoms with Gasteiger partial charge in [0.05, 0.1) is 63.9 Å².